The Labute approximate surface area is 166 Å². The number of morpholine rings is 1. The van der Waals surface area contributed by atoms with Crippen LogP contribution in [0.25, 0.3) is 0 Å². The van der Waals surface area contributed by atoms with E-state index in [-0.39, 0.29) is 23.9 Å². The zero-order valence-corrected chi connectivity index (χ0v) is 17.2. The molecule has 0 saturated carbocycles. The Morgan fingerprint density at radius 2 is 1.61 bits per heavy atom. The van der Waals surface area contributed by atoms with Gasteiger partial charge in [0.05, 0.1) is 12.2 Å². The monoisotopic (exact) mass is 413 g/mol. The molecule has 28 heavy (non-hydrogen) atoms. The smallest absolute Gasteiger partial charge is 0.282 e. The van der Waals surface area contributed by atoms with Gasteiger partial charge in [0.2, 0.25) is 5.91 Å². The number of halogens is 1. The molecule has 2 saturated heterocycles. The quantitative estimate of drug-likeness (QED) is 0.729. The minimum Gasteiger partial charge on any atom is -0.373 e. The highest BCUT2D eigenvalue weighted by atomic mass is 32.2. The summed E-state index contributed by atoms with van der Waals surface area (Å²) in [5, 5.41) is 0. The first-order valence-electron chi connectivity index (χ1n) is 9.68. The molecule has 0 bridgehead atoms. The van der Waals surface area contributed by atoms with Crippen LogP contribution >= 0.6 is 0 Å². The van der Waals surface area contributed by atoms with Crippen LogP contribution < -0.4 is 0 Å². The molecule has 9 heteroatoms. The van der Waals surface area contributed by atoms with E-state index >= 15 is 0 Å². The highest BCUT2D eigenvalue weighted by Crippen LogP contribution is 2.19. The Hall–Kier alpha value is -1.55. The van der Waals surface area contributed by atoms with Gasteiger partial charge in [-0.3, -0.25) is 4.79 Å². The highest BCUT2D eigenvalue weighted by molar-refractivity contribution is 7.86. The molecule has 2 atom stereocenters. The molecule has 2 heterocycles. The van der Waals surface area contributed by atoms with Crippen molar-refractivity contribution in [3.63, 3.8) is 0 Å². The van der Waals surface area contributed by atoms with Crippen molar-refractivity contribution in [3.05, 3.63) is 35.6 Å². The molecule has 7 nitrogen and oxygen atoms in total. The Bertz CT molecular complexity index is 769. The van der Waals surface area contributed by atoms with Crippen molar-refractivity contribution >= 4 is 16.1 Å². The van der Waals surface area contributed by atoms with Gasteiger partial charge in [-0.15, -0.1) is 0 Å². The van der Waals surface area contributed by atoms with Gasteiger partial charge in [0.1, 0.15) is 5.82 Å². The number of carbonyl (C=O) groups excluding carboxylic acids is 1. The normalized spacial score (nSPS) is 25.0. The number of amides is 1. The number of ether oxygens (including phenoxy) is 1. The van der Waals surface area contributed by atoms with Crippen molar-refractivity contribution in [1.82, 2.24) is 13.5 Å². The topological polar surface area (TPSA) is 70.2 Å². The highest BCUT2D eigenvalue weighted by Gasteiger charge is 2.37. The number of carbonyl (C=O) groups is 1. The molecule has 2 unspecified atom stereocenters. The van der Waals surface area contributed by atoms with E-state index in [2.05, 4.69) is 0 Å². The van der Waals surface area contributed by atoms with Crippen LogP contribution in [-0.4, -0.2) is 79.3 Å². The van der Waals surface area contributed by atoms with Crippen LogP contribution in [0.3, 0.4) is 0 Å². The molecule has 0 aromatic heterocycles. The average Bonchev–Trinajstić information content (AvgIpc) is 2.66. The summed E-state index contributed by atoms with van der Waals surface area (Å²) in [5.74, 6) is -0.300. The molecule has 2 fully saturated rings. The largest absolute Gasteiger partial charge is 0.373 e. The van der Waals surface area contributed by atoms with Crippen molar-refractivity contribution in [2.24, 2.45) is 0 Å². The maximum atomic E-state index is 12.9. The van der Waals surface area contributed by atoms with Crippen LogP contribution in [0.2, 0.25) is 0 Å². The zero-order valence-electron chi connectivity index (χ0n) is 16.4. The third kappa shape index (κ3) is 5.08. The van der Waals surface area contributed by atoms with Gasteiger partial charge in [-0.05, 0) is 38.0 Å². The Kier molecular flexibility index (Phi) is 6.69. The third-order valence-corrected chi connectivity index (χ3v) is 7.14. The number of hydrogen-bond acceptors (Lipinski definition) is 4. The van der Waals surface area contributed by atoms with Crippen molar-refractivity contribution in [2.75, 3.05) is 39.3 Å². The van der Waals surface area contributed by atoms with Crippen molar-refractivity contribution in [1.29, 1.82) is 0 Å². The summed E-state index contributed by atoms with van der Waals surface area (Å²) < 4.78 is 47.3. The summed E-state index contributed by atoms with van der Waals surface area (Å²) in [4.78, 5) is 14.1. The molecule has 1 aromatic rings. The van der Waals surface area contributed by atoms with Crippen molar-refractivity contribution in [2.45, 2.75) is 38.9 Å². The lowest BCUT2D eigenvalue weighted by atomic mass is 10.1. The number of benzene rings is 1. The van der Waals surface area contributed by atoms with E-state index in [9.17, 15) is 17.6 Å². The van der Waals surface area contributed by atoms with Crippen LogP contribution in [0.1, 0.15) is 25.8 Å². The summed E-state index contributed by atoms with van der Waals surface area (Å²) in [7, 11) is -3.55. The second-order valence-corrected chi connectivity index (χ2v) is 9.42. The second kappa shape index (κ2) is 8.86. The molecule has 3 rings (SSSR count). The Morgan fingerprint density at radius 1 is 1.04 bits per heavy atom. The maximum Gasteiger partial charge on any atom is 0.282 e. The van der Waals surface area contributed by atoms with E-state index in [1.54, 1.807) is 17.0 Å². The van der Waals surface area contributed by atoms with Gasteiger partial charge < -0.3 is 9.64 Å². The van der Waals surface area contributed by atoms with Crippen LogP contribution in [0.4, 0.5) is 4.39 Å². The molecule has 156 valence electrons. The minimum absolute atomic E-state index is 0.00464. The van der Waals surface area contributed by atoms with E-state index in [0.29, 0.717) is 52.1 Å². The van der Waals surface area contributed by atoms with E-state index in [1.807, 2.05) is 13.8 Å². The summed E-state index contributed by atoms with van der Waals surface area (Å²) in [6, 6.07) is 6.13. The molecule has 2 aliphatic rings. The van der Waals surface area contributed by atoms with Crippen LogP contribution in [0, 0.1) is 5.82 Å². The molecule has 0 aliphatic carbocycles. The first-order valence-corrected chi connectivity index (χ1v) is 11.1. The predicted molar refractivity (Wildman–Crippen MR) is 103 cm³/mol. The molecule has 0 spiro atoms. The summed E-state index contributed by atoms with van der Waals surface area (Å²) >= 11 is 0. The number of nitrogens with zero attached hydrogens (tertiary/aromatic N) is 3. The number of rotatable bonds is 5. The summed E-state index contributed by atoms with van der Waals surface area (Å²) in [5.41, 5.74) is 0.909. The van der Waals surface area contributed by atoms with Gasteiger partial charge in [0, 0.05) is 45.7 Å². The van der Waals surface area contributed by atoms with Gasteiger partial charge in [0.25, 0.3) is 10.2 Å². The number of aryl methyl sites for hydroxylation is 1. The van der Waals surface area contributed by atoms with Crippen molar-refractivity contribution in [3.8, 4) is 0 Å². The number of piperazine rings is 1. The van der Waals surface area contributed by atoms with E-state index in [1.165, 1.54) is 20.7 Å². The summed E-state index contributed by atoms with van der Waals surface area (Å²) in [6.45, 7) is 5.81. The third-order valence-electron chi connectivity index (χ3n) is 5.17. The lowest BCUT2D eigenvalue weighted by molar-refractivity contribution is -0.132. The van der Waals surface area contributed by atoms with Crippen LogP contribution in [0.5, 0.6) is 0 Å². The second-order valence-electron chi connectivity index (χ2n) is 7.49. The molecule has 2 aliphatic heterocycles. The van der Waals surface area contributed by atoms with Gasteiger partial charge in [-0.25, -0.2) is 4.39 Å². The number of hydrogen-bond donors (Lipinski definition) is 0. The fraction of sp³-hybridized carbons (Fsp3) is 0.632. The lowest BCUT2D eigenvalue weighted by Crippen LogP contribution is -2.57. The zero-order chi connectivity index (χ0) is 20.3. The average molecular weight is 414 g/mol. The first-order chi connectivity index (χ1) is 13.3. The van der Waals surface area contributed by atoms with Gasteiger partial charge in [-0.2, -0.15) is 17.0 Å². The Balaban J connectivity index is 1.50. The van der Waals surface area contributed by atoms with E-state index in [4.69, 9.17) is 4.74 Å². The maximum absolute atomic E-state index is 12.9. The van der Waals surface area contributed by atoms with Crippen LogP contribution in [0.15, 0.2) is 24.3 Å². The molecular formula is C19H28FN3O4S. The standard InChI is InChI=1S/C19H28FN3O4S/c1-15-13-23(14-16(2)27-15)28(25,26)22-11-9-21(10-12-22)19(24)8-5-17-3-6-18(20)7-4-17/h3-4,6-7,15-16H,5,8-14H2,1-2H3. The molecule has 0 N–H and O–H groups in total. The molecular weight excluding hydrogens is 385 g/mol. The van der Waals surface area contributed by atoms with Crippen molar-refractivity contribution < 1.29 is 22.3 Å². The fourth-order valence-corrected chi connectivity index (χ4v) is 5.46. The summed E-state index contributed by atoms with van der Waals surface area (Å²) in [6.07, 6.45) is 0.610. The molecule has 0 radical (unpaired) electrons. The van der Waals surface area contributed by atoms with E-state index < -0.39 is 10.2 Å². The molecule has 1 amide bonds. The van der Waals surface area contributed by atoms with Gasteiger partial charge >= 0.3 is 0 Å². The first kappa shape index (κ1) is 21.2. The Morgan fingerprint density at radius 3 is 2.18 bits per heavy atom. The molecule has 1 aromatic carbocycles. The van der Waals surface area contributed by atoms with E-state index in [0.717, 1.165) is 5.56 Å². The fourth-order valence-electron chi connectivity index (χ4n) is 3.71. The van der Waals surface area contributed by atoms with Crippen LogP contribution in [-0.2, 0) is 26.2 Å². The van der Waals surface area contributed by atoms with Gasteiger partial charge in [0.15, 0.2) is 0 Å². The SMILES string of the molecule is CC1CN(S(=O)(=O)N2CCN(C(=O)CCc3ccc(F)cc3)CC2)CC(C)O1. The predicted octanol–water partition coefficient (Wildman–Crippen LogP) is 1.26. The minimum atomic E-state index is -3.55. The lowest BCUT2D eigenvalue weighted by Gasteiger charge is -2.40. The van der Waals surface area contributed by atoms with Gasteiger partial charge in [-0.1, -0.05) is 12.1 Å².